The van der Waals surface area contributed by atoms with Crippen LogP contribution in [0.2, 0.25) is 0 Å². The standard InChI is InChI=1S/C18H26N2O.ClH/c1-20(18(21)12-15-7-4-8-17(15)19)16-10-9-13-5-2-3-6-14(13)11-16;/h2-3,5-6,15-17H,4,7-12,19H2,1H3;1H/t15-,16?,17+;/m0./s1. The van der Waals surface area contributed by atoms with Crippen molar-refractivity contribution in [3.8, 4) is 0 Å². The number of amides is 1. The molecule has 1 saturated carbocycles. The summed E-state index contributed by atoms with van der Waals surface area (Å²) in [6.45, 7) is 0. The van der Waals surface area contributed by atoms with E-state index in [1.165, 1.54) is 17.5 Å². The average Bonchev–Trinajstić information content (AvgIpc) is 2.91. The SMILES string of the molecule is CN(C(=O)C[C@@H]1CCC[C@H]1N)C1CCc2ccccc2C1.Cl. The summed E-state index contributed by atoms with van der Waals surface area (Å²) in [5, 5.41) is 0. The van der Waals surface area contributed by atoms with Gasteiger partial charge in [0.15, 0.2) is 0 Å². The molecule has 122 valence electrons. The van der Waals surface area contributed by atoms with Crippen molar-refractivity contribution in [2.45, 2.75) is 57.0 Å². The minimum atomic E-state index is 0. The van der Waals surface area contributed by atoms with Crippen molar-refractivity contribution in [1.29, 1.82) is 0 Å². The quantitative estimate of drug-likeness (QED) is 0.930. The van der Waals surface area contributed by atoms with Crippen LogP contribution >= 0.6 is 12.4 Å². The topological polar surface area (TPSA) is 46.3 Å². The normalized spacial score (nSPS) is 26.9. The smallest absolute Gasteiger partial charge is 0.222 e. The summed E-state index contributed by atoms with van der Waals surface area (Å²) in [5.41, 5.74) is 8.96. The molecule has 3 rings (SSSR count). The van der Waals surface area contributed by atoms with Gasteiger partial charge in [0, 0.05) is 25.6 Å². The molecule has 2 N–H and O–H groups in total. The molecule has 2 aliphatic rings. The summed E-state index contributed by atoms with van der Waals surface area (Å²) < 4.78 is 0. The number of nitrogens with two attached hydrogens (primary N) is 1. The first-order valence-electron chi connectivity index (χ1n) is 8.23. The highest BCUT2D eigenvalue weighted by molar-refractivity contribution is 5.85. The number of hydrogen-bond acceptors (Lipinski definition) is 2. The Morgan fingerprint density at radius 2 is 1.95 bits per heavy atom. The Morgan fingerprint density at radius 3 is 2.64 bits per heavy atom. The monoisotopic (exact) mass is 322 g/mol. The highest BCUT2D eigenvalue weighted by Crippen LogP contribution is 2.29. The fourth-order valence-electron chi connectivity index (χ4n) is 3.90. The van der Waals surface area contributed by atoms with Gasteiger partial charge < -0.3 is 10.6 Å². The van der Waals surface area contributed by atoms with E-state index in [4.69, 9.17) is 5.73 Å². The molecule has 1 aromatic carbocycles. The van der Waals surface area contributed by atoms with Crippen molar-refractivity contribution in [2.75, 3.05) is 7.05 Å². The zero-order valence-corrected chi connectivity index (χ0v) is 14.1. The van der Waals surface area contributed by atoms with E-state index in [0.29, 0.717) is 18.4 Å². The van der Waals surface area contributed by atoms with Crippen molar-refractivity contribution in [3.63, 3.8) is 0 Å². The maximum absolute atomic E-state index is 12.5. The van der Waals surface area contributed by atoms with Gasteiger partial charge in [0.1, 0.15) is 0 Å². The predicted molar refractivity (Wildman–Crippen MR) is 92.2 cm³/mol. The molecule has 0 saturated heterocycles. The zero-order chi connectivity index (χ0) is 14.8. The second-order valence-electron chi connectivity index (χ2n) is 6.73. The van der Waals surface area contributed by atoms with Crippen LogP contribution in [-0.4, -0.2) is 29.9 Å². The summed E-state index contributed by atoms with van der Waals surface area (Å²) in [7, 11) is 1.97. The van der Waals surface area contributed by atoms with E-state index in [0.717, 1.165) is 32.1 Å². The van der Waals surface area contributed by atoms with E-state index >= 15 is 0 Å². The van der Waals surface area contributed by atoms with Crippen LogP contribution in [0.3, 0.4) is 0 Å². The lowest BCUT2D eigenvalue weighted by molar-refractivity contribution is -0.133. The molecule has 0 heterocycles. The molecule has 1 amide bonds. The van der Waals surface area contributed by atoms with Gasteiger partial charge in [-0.05, 0) is 49.1 Å². The number of nitrogens with zero attached hydrogens (tertiary/aromatic N) is 1. The number of carbonyl (C=O) groups excluding carboxylic acids is 1. The van der Waals surface area contributed by atoms with Crippen LogP contribution in [0.1, 0.15) is 43.2 Å². The van der Waals surface area contributed by atoms with Crippen molar-refractivity contribution in [3.05, 3.63) is 35.4 Å². The molecule has 1 aromatic rings. The minimum Gasteiger partial charge on any atom is -0.342 e. The fourth-order valence-corrected chi connectivity index (χ4v) is 3.90. The van der Waals surface area contributed by atoms with Gasteiger partial charge in [-0.3, -0.25) is 4.79 Å². The first-order chi connectivity index (χ1) is 10.1. The van der Waals surface area contributed by atoms with Crippen LogP contribution in [0.25, 0.3) is 0 Å². The van der Waals surface area contributed by atoms with E-state index in [-0.39, 0.29) is 24.4 Å². The molecule has 0 aromatic heterocycles. The number of halogens is 1. The summed E-state index contributed by atoms with van der Waals surface area (Å²) in [5.74, 6) is 0.678. The third-order valence-electron chi connectivity index (χ3n) is 5.42. The molecule has 4 heteroatoms. The number of aryl methyl sites for hydroxylation is 1. The lowest BCUT2D eigenvalue weighted by atomic mass is 9.87. The van der Waals surface area contributed by atoms with E-state index in [2.05, 4.69) is 24.3 Å². The average molecular weight is 323 g/mol. The maximum Gasteiger partial charge on any atom is 0.222 e. The van der Waals surface area contributed by atoms with Crippen LogP contribution < -0.4 is 5.73 Å². The van der Waals surface area contributed by atoms with Gasteiger partial charge in [-0.2, -0.15) is 0 Å². The molecule has 3 nitrogen and oxygen atoms in total. The lowest BCUT2D eigenvalue weighted by Crippen LogP contribution is -2.42. The molecule has 1 unspecified atom stereocenters. The van der Waals surface area contributed by atoms with E-state index in [9.17, 15) is 4.79 Å². The Morgan fingerprint density at radius 1 is 1.23 bits per heavy atom. The van der Waals surface area contributed by atoms with E-state index in [1.807, 2.05) is 11.9 Å². The third kappa shape index (κ3) is 3.64. The molecule has 0 radical (unpaired) electrons. The Hall–Kier alpha value is -1.06. The number of benzene rings is 1. The van der Waals surface area contributed by atoms with Gasteiger partial charge in [-0.15, -0.1) is 12.4 Å². The summed E-state index contributed by atoms with van der Waals surface area (Å²) >= 11 is 0. The van der Waals surface area contributed by atoms with Gasteiger partial charge in [-0.1, -0.05) is 30.7 Å². The largest absolute Gasteiger partial charge is 0.342 e. The highest BCUT2D eigenvalue weighted by atomic mass is 35.5. The van der Waals surface area contributed by atoms with Crippen LogP contribution in [0.15, 0.2) is 24.3 Å². The lowest BCUT2D eigenvalue weighted by Gasteiger charge is -2.33. The van der Waals surface area contributed by atoms with Crippen LogP contribution in [-0.2, 0) is 17.6 Å². The number of fused-ring (bicyclic) bond motifs is 1. The zero-order valence-electron chi connectivity index (χ0n) is 13.3. The molecule has 2 aliphatic carbocycles. The van der Waals surface area contributed by atoms with Gasteiger partial charge in [0.2, 0.25) is 5.91 Å². The molecule has 0 aliphatic heterocycles. The molecule has 22 heavy (non-hydrogen) atoms. The minimum absolute atomic E-state index is 0. The highest BCUT2D eigenvalue weighted by Gasteiger charge is 2.30. The number of carbonyl (C=O) groups is 1. The molecule has 1 fully saturated rings. The summed E-state index contributed by atoms with van der Waals surface area (Å²) in [6.07, 6.45) is 7.18. The second kappa shape index (κ2) is 7.47. The second-order valence-corrected chi connectivity index (χ2v) is 6.73. The van der Waals surface area contributed by atoms with Crippen molar-refractivity contribution in [1.82, 2.24) is 4.90 Å². The Kier molecular flexibility index (Phi) is 5.87. The number of hydrogen-bond donors (Lipinski definition) is 1. The molecular formula is C18H27ClN2O. The van der Waals surface area contributed by atoms with Gasteiger partial charge in [0.05, 0.1) is 0 Å². The van der Waals surface area contributed by atoms with Crippen LogP contribution in [0.4, 0.5) is 0 Å². The Balaban J connectivity index is 0.00000176. The third-order valence-corrected chi connectivity index (χ3v) is 5.42. The first kappa shape index (κ1) is 17.3. The first-order valence-corrected chi connectivity index (χ1v) is 8.23. The molecular weight excluding hydrogens is 296 g/mol. The Bertz CT molecular complexity index is 520. The van der Waals surface area contributed by atoms with Gasteiger partial charge >= 0.3 is 0 Å². The van der Waals surface area contributed by atoms with Crippen LogP contribution in [0.5, 0.6) is 0 Å². The molecule has 3 atom stereocenters. The predicted octanol–water partition coefficient (Wildman–Crippen LogP) is 2.94. The van der Waals surface area contributed by atoms with E-state index < -0.39 is 0 Å². The number of likely N-dealkylation sites (N-methyl/N-ethyl adjacent to an activating group) is 1. The van der Waals surface area contributed by atoms with Gasteiger partial charge in [0.25, 0.3) is 0 Å². The Labute approximate surface area is 139 Å². The van der Waals surface area contributed by atoms with Crippen molar-refractivity contribution >= 4 is 18.3 Å². The van der Waals surface area contributed by atoms with Crippen LogP contribution in [0, 0.1) is 5.92 Å². The van der Waals surface area contributed by atoms with Crippen molar-refractivity contribution in [2.24, 2.45) is 11.7 Å². The number of rotatable bonds is 3. The molecule has 0 spiro atoms. The van der Waals surface area contributed by atoms with E-state index in [1.54, 1.807) is 0 Å². The summed E-state index contributed by atoms with van der Waals surface area (Å²) in [4.78, 5) is 14.5. The fraction of sp³-hybridized carbons (Fsp3) is 0.611. The maximum atomic E-state index is 12.5. The van der Waals surface area contributed by atoms with Crippen molar-refractivity contribution < 1.29 is 4.79 Å². The summed E-state index contributed by atoms with van der Waals surface area (Å²) in [6, 6.07) is 9.20. The molecule has 0 bridgehead atoms. The van der Waals surface area contributed by atoms with Gasteiger partial charge in [-0.25, -0.2) is 0 Å².